The Balaban J connectivity index is 2.63. The van der Waals surface area contributed by atoms with E-state index in [1.165, 1.54) is 5.56 Å². The first-order chi connectivity index (χ1) is 8.04. The van der Waals surface area contributed by atoms with Crippen molar-refractivity contribution in [3.8, 4) is 5.75 Å². The Bertz CT molecular complexity index is 385. The average molecular weight is 236 g/mol. The summed E-state index contributed by atoms with van der Waals surface area (Å²) in [5, 5.41) is 8.82. The van der Waals surface area contributed by atoms with Gasteiger partial charge >= 0.3 is 5.97 Å². The van der Waals surface area contributed by atoms with Crippen molar-refractivity contribution in [3.05, 3.63) is 29.3 Å². The first-order valence-corrected chi connectivity index (χ1v) is 5.99. The molecule has 1 N–H and O–H groups in total. The second-order valence-corrected chi connectivity index (χ2v) is 4.30. The third-order valence-electron chi connectivity index (χ3n) is 2.89. The monoisotopic (exact) mass is 236 g/mol. The summed E-state index contributed by atoms with van der Waals surface area (Å²) in [5.74, 6) is -0.144. The Morgan fingerprint density at radius 2 is 2.18 bits per heavy atom. The van der Waals surface area contributed by atoms with Crippen LogP contribution in [-0.2, 0) is 11.2 Å². The summed E-state index contributed by atoms with van der Waals surface area (Å²) in [4.78, 5) is 10.7. The van der Waals surface area contributed by atoms with Crippen LogP contribution >= 0.6 is 0 Å². The average Bonchev–Trinajstić information content (AvgIpc) is 2.27. The lowest BCUT2D eigenvalue weighted by molar-refractivity contribution is -0.141. The van der Waals surface area contributed by atoms with Gasteiger partial charge in [-0.05, 0) is 49.9 Å². The zero-order chi connectivity index (χ0) is 12.8. The molecule has 17 heavy (non-hydrogen) atoms. The predicted molar refractivity (Wildman–Crippen MR) is 67.5 cm³/mol. The van der Waals surface area contributed by atoms with Crippen LogP contribution in [0.4, 0.5) is 0 Å². The number of ether oxygens (including phenoxy) is 1. The van der Waals surface area contributed by atoms with Crippen molar-refractivity contribution in [2.75, 3.05) is 6.61 Å². The highest BCUT2D eigenvalue weighted by atomic mass is 16.5. The van der Waals surface area contributed by atoms with E-state index in [4.69, 9.17) is 9.84 Å². The van der Waals surface area contributed by atoms with Gasteiger partial charge in [-0.2, -0.15) is 0 Å². The third kappa shape index (κ3) is 4.10. The number of carbonyl (C=O) groups is 1. The largest absolute Gasteiger partial charge is 0.494 e. The molecule has 1 aromatic carbocycles. The zero-order valence-corrected chi connectivity index (χ0v) is 10.7. The van der Waals surface area contributed by atoms with Gasteiger partial charge in [-0.1, -0.05) is 13.0 Å². The molecule has 1 atom stereocenters. The van der Waals surface area contributed by atoms with Crippen LogP contribution in [-0.4, -0.2) is 17.7 Å². The lowest BCUT2D eigenvalue weighted by Crippen LogP contribution is -2.10. The topological polar surface area (TPSA) is 46.5 Å². The Hall–Kier alpha value is -1.51. The summed E-state index contributed by atoms with van der Waals surface area (Å²) in [7, 11) is 0. The van der Waals surface area contributed by atoms with Crippen LogP contribution in [0.3, 0.4) is 0 Å². The molecule has 0 aliphatic rings. The lowest BCUT2D eigenvalue weighted by atomic mass is 9.98. The molecule has 0 radical (unpaired) electrons. The van der Waals surface area contributed by atoms with E-state index >= 15 is 0 Å². The van der Waals surface area contributed by atoms with E-state index in [0.29, 0.717) is 13.0 Å². The summed E-state index contributed by atoms with van der Waals surface area (Å²) in [5.41, 5.74) is 2.36. The van der Waals surface area contributed by atoms with E-state index in [1.54, 1.807) is 6.92 Å². The molecular formula is C14H20O3. The Labute approximate surface area is 102 Å². The van der Waals surface area contributed by atoms with E-state index in [-0.39, 0.29) is 5.92 Å². The molecule has 0 bridgehead atoms. The van der Waals surface area contributed by atoms with Gasteiger partial charge in [0.1, 0.15) is 5.75 Å². The smallest absolute Gasteiger partial charge is 0.306 e. The Morgan fingerprint density at radius 3 is 2.71 bits per heavy atom. The quantitative estimate of drug-likeness (QED) is 0.825. The van der Waals surface area contributed by atoms with Crippen LogP contribution in [0.1, 0.15) is 31.4 Å². The molecule has 0 saturated heterocycles. The van der Waals surface area contributed by atoms with Gasteiger partial charge < -0.3 is 9.84 Å². The second-order valence-electron chi connectivity index (χ2n) is 4.30. The standard InChI is InChI=1S/C14H20O3/c1-4-17-13-8-7-12(11(3)9-13)6-5-10(2)14(15)16/h7-10H,4-6H2,1-3H3,(H,15,16). The highest BCUT2D eigenvalue weighted by Crippen LogP contribution is 2.19. The maximum Gasteiger partial charge on any atom is 0.306 e. The van der Waals surface area contributed by atoms with E-state index in [9.17, 15) is 4.79 Å². The summed E-state index contributed by atoms with van der Waals surface area (Å²) in [6, 6.07) is 5.97. The number of hydrogen-bond donors (Lipinski definition) is 1. The molecule has 0 aliphatic heterocycles. The van der Waals surface area contributed by atoms with Crippen molar-refractivity contribution in [3.63, 3.8) is 0 Å². The van der Waals surface area contributed by atoms with Crippen LogP contribution < -0.4 is 4.74 Å². The minimum atomic E-state index is -0.728. The molecule has 0 spiro atoms. The maximum absolute atomic E-state index is 10.7. The van der Waals surface area contributed by atoms with Gasteiger partial charge in [-0.3, -0.25) is 4.79 Å². The fraction of sp³-hybridized carbons (Fsp3) is 0.500. The van der Waals surface area contributed by atoms with Crippen molar-refractivity contribution >= 4 is 5.97 Å². The molecule has 1 rings (SSSR count). The van der Waals surface area contributed by atoms with Crippen LogP contribution in [0, 0.1) is 12.8 Å². The Kier molecular flexibility index (Phi) is 5.01. The minimum Gasteiger partial charge on any atom is -0.494 e. The van der Waals surface area contributed by atoms with E-state index in [0.717, 1.165) is 17.7 Å². The van der Waals surface area contributed by atoms with Gasteiger partial charge in [0.15, 0.2) is 0 Å². The van der Waals surface area contributed by atoms with E-state index in [1.807, 2.05) is 32.0 Å². The molecule has 3 heteroatoms. The SMILES string of the molecule is CCOc1ccc(CCC(C)C(=O)O)c(C)c1. The molecule has 1 aromatic rings. The molecule has 0 amide bonds. The molecular weight excluding hydrogens is 216 g/mol. The van der Waals surface area contributed by atoms with Crippen LogP contribution in [0.25, 0.3) is 0 Å². The molecule has 0 saturated carbocycles. The van der Waals surface area contributed by atoms with Gasteiger partial charge in [0, 0.05) is 0 Å². The van der Waals surface area contributed by atoms with Gasteiger partial charge in [0.25, 0.3) is 0 Å². The van der Waals surface area contributed by atoms with Gasteiger partial charge in [0.2, 0.25) is 0 Å². The normalized spacial score (nSPS) is 12.2. The fourth-order valence-electron chi connectivity index (χ4n) is 1.70. The number of benzene rings is 1. The molecule has 94 valence electrons. The minimum absolute atomic E-state index is 0.291. The number of rotatable bonds is 6. The second kappa shape index (κ2) is 6.28. The Morgan fingerprint density at radius 1 is 1.47 bits per heavy atom. The highest BCUT2D eigenvalue weighted by molar-refractivity contribution is 5.69. The summed E-state index contributed by atoms with van der Waals surface area (Å²) < 4.78 is 5.41. The van der Waals surface area contributed by atoms with E-state index in [2.05, 4.69) is 0 Å². The maximum atomic E-state index is 10.7. The number of hydrogen-bond acceptors (Lipinski definition) is 2. The van der Waals surface area contributed by atoms with Crippen LogP contribution in [0.5, 0.6) is 5.75 Å². The first-order valence-electron chi connectivity index (χ1n) is 5.99. The summed E-state index contributed by atoms with van der Waals surface area (Å²) in [6.45, 7) is 6.39. The predicted octanol–water partition coefficient (Wildman–Crippen LogP) is 3.05. The molecule has 0 heterocycles. The third-order valence-corrected chi connectivity index (χ3v) is 2.89. The zero-order valence-electron chi connectivity index (χ0n) is 10.7. The molecule has 0 aromatic heterocycles. The van der Waals surface area contributed by atoms with Crippen molar-refractivity contribution in [2.24, 2.45) is 5.92 Å². The van der Waals surface area contributed by atoms with Gasteiger partial charge in [-0.25, -0.2) is 0 Å². The van der Waals surface area contributed by atoms with E-state index < -0.39 is 5.97 Å². The number of aryl methyl sites for hydroxylation is 2. The number of carboxylic acid groups (broad SMARTS) is 1. The molecule has 1 unspecified atom stereocenters. The lowest BCUT2D eigenvalue weighted by Gasteiger charge is -2.10. The summed E-state index contributed by atoms with van der Waals surface area (Å²) in [6.07, 6.45) is 1.47. The van der Waals surface area contributed by atoms with Gasteiger partial charge in [0.05, 0.1) is 12.5 Å². The van der Waals surface area contributed by atoms with Crippen LogP contribution in [0.2, 0.25) is 0 Å². The fourth-order valence-corrected chi connectivity index (χ4v) is 1.70. The summed E-state index contributed by atoms with van der Waals surface area (Å²) >= 11 is 0. The van der Waals surface area contributed by atoms with Gasteiger partial charge in [-0.15, -0.1) is 0 Å². The molecule has 0 fully saturated rings. The van der Waals surface area contributed by atoms with Crippen molar-refractivity contribution in [2.45, 2.75) is 33.6 Å². The first kappa shape index (κ1) is 13.6. The van der Waals surface area contributed by atoms with Crippen molar-refractivity contribution < 1.29 is 14.6 Å². The molecule has 0 aliphatic carbocycles. The highest BCUT2D eigenvalue weighted by Gasteiger charge is 2.11. The molecule has 3 nitrogen and oxygen atoms in total. The van der Waals surface area contributed by atoms with Crippen LogP contribution in [0.15, 0.2) is 18.2 Å². The number of aliphatic carboxylic acids is 1. The number of carboxylic acids is 1. The van der Waals surface area contributed by atoms with Crippen molar-refractivity contribution in [1.29, 1.82) is 0 Å². The van der Waals surface area contributed by atoms with Crippen molar-refractivity contribution in [1.82, 2.24) is 0 Å².